The summed E-state index contributed by atoms with van der Waals surface area (Å²) in [5, 5.41) is 11.9. The van der Waals surface area contributed by atoms with Gasteiger partial charge in [-0.1, -0.05) is 62.7 Å². The van der Waals surface area contributed by atoms with Crippen LogP contribution in [0, 0.1) is 5.92 Å². The zero-order valence-electron chi connectivity index (χ0n) is 16.1. The second-order valence-electron chi connectivity index (χ2n) is 7.21. The lowest BCUT2D eigenvalue weighted by Gasteiger charge is -2.39. The molecule has 0 aliphatic carbocycles. The molecule has 148 valence electrons. The molecule has 2 aromatic rings. The van der Waals surface area contributed by atoms with Gasteiger partial charge in [0, 0.05) is 18.0 Å². The first-order valence-electron chi connectivity index (χ1n) is 9.24. The Hall–Kier alpha value is -1.40. The van der Waals surface area contributed by atoms with Gasteiger partial charge in [-0.15, -0.1) is 0 Å². The minimum absolute atomic E-state index is 0.135. The smallest absolute Gasteiger partial charge is 0.245 e. The summed E-state index contributed by atoms with van der Waals surface area (Å²) in [4.78, 5) is 0.135. The number of nitrogens with zero attached hydrogens (tertiary/aromatic N) is 1. The first kappa shape index (κ1) is 21.9. The topological polar surface area (TPSA) is 57.6 Å². The molecular weight excluding hydrogens is 382 g/mol. The van der Waals surface area contributed by atoms with Gasteiger partial charge in [0.15, 0.2) is 0 Å². The van der Waals surface area contributed by atoms with E-state index in [1.54, 1.807) is 12.1 Å². The Morgan fingerprint density at radius 3 is 2.19 bits per heavy atom. The summed E-state index contributed by atoms with van der Waals surface area (Å²) in [6, 6.07) is 15.5. The van der Waals surface area contributed by atoms with Crippen LogP contribution < -0.4 is 0 Å². The van der Waals surface area contributed by atoms with Crippen LogP contribution in [0.15, 0.2) is 59.5 Å². The summed E-state index contributed by atoms with van der Waals surface area (Å²) < 4.78 is 28.0. The van der Waals surface area contributed by atoms with Crippen molar-refractivity contribution in [3.8, 4) is 0 Å². The zero-order valence-corrected chi connectivity index (χ0v) is 17.7. The molecule has 0 bridgehead atoms. The van der Waals surface area contributed by atoms with Crippen molar-refractivity contribution in [2.24, 2.45) is 5.92 Å². The first-order chi connectivity index (χ1) is 12.7. The lowest BCUT2D eigenvalue weighted by Crippen LogP contribution is -2.53. The van der Waals surface area contributed by atoms with Gasteiger partial charge in [0.2, 0.25) is 10.0 Å². The Bertz CT molecular complexity index is 822. The average Bonchev–Trinajstić information content (AvgIpc) is 2.62. The summed E-state index contributed by atoms with van der Waals surface area (Å²) >= 11 is 5.91. The maximum atomic E-state index is 13.4. The predicted molar refractivity (Wildman–Crippen MR) is 110 cm³/mol. The van der Waals surface area contributed by atoms with Crippen LogP contribution in [-0.4, -0.2) is 30.1 Å². The molecule has 0 fully saturated rings. The van der Waals surface area contributed by atoms with Crippen LogP contribution in [0.1, 0.15) is 39.2 Å². The minimum Gasteiger partial charge on any atom is -0.374 e. The summed E-state index contributed by atoms with van der Waals surface area (Å²) in [5.41, 5.74) is -0.614. The molecule has 2 rings (SSSR count). The zero-order chi connectivity index (χ0) is 20.1. The van der Waals surface area contributed by atoms with E-state index in [1.165, 1.54) is 16.4 Å². The van der Waals surface area contributed by atoms with Crippen LogP contribution in [-0.2, 0) is 16.4 Å². The second-order valence-corrected chi connectivity index (χ2v) is 9.51. The van der Waals surface area contributed by atoms with Gasteiger partial charge in [-0.3, -0.25) is 0 Å². The molecule has 0 amide bonds. The fourth-order valence-corrected chi connectivity index (χ4v) is 4.82. The summed E-state index contributed by atoms with van der Waals surface area (Å²) in [6.07, 6.45) is 1.17. The van der Waals surface area contributed by atoms with Crippen LogP contribution in [0.3, 0.4) is 0 Å². The van der Waals surface area contributed by atoms with Crippen molar-refractivity contribution in [1.82, 2.24) is 4.31 Å². The van der Waals surface area contributed by atoms with E-state index in [-0.39, 0.29) is 24.3 Å². The molecule has 1 N–H and O–H groups in total. The summed E-state index contributed by atoms with van der Waals surface area (Å²) in [7, 11) is -3.88. The SMILES string of the molecule is CCC(O)(Cc1ccccc1)N(CCC(C)C)S(=O)(=O)c1ccc(Cl)cc1. The van der Waals surface area contributed by atoms with E-state index in [1.807, 2.05) is 51.1 Å². The maximum absolute atomic E-state index is 13.4. The molecule has 27 heavy (non-hydrogen) atoms. The molecule has 1 unspecified atom stereocenters. The highest BCUT2D eigenvalue weighted by molar-refractivity contribution is 7.89. The fraction of sp³-hybridized carbons (Fsp3) is 0.429. The normalized spacial score (nSPS) is 14.5. The van der Waals surface area contributed by atoms with Crippen LogP contribution in [0.25, 0.3) is 0 Å². The molecule has 0 aromatic heterocycles. The Kier molecular flexibility index (Phi) is 7.46. The summed E-state index contributed by atoms with van der Waals surface area (Å²) in [5.74, 6) is 0.311. The standard InChI is InChI=1S/C21H28ClNO3S/c1-4-21(24,16-18-8-6-5-7-9-18)23(15-14-17(2)3)27(25,26)20-12-10-19(22)11-13-20/h5-13,17,24H,4,14-16H2,1-3H3. The molecule has 4 nitrogen and oxygen atoms in total. The van der Waals surface area contributed by atoms with Crippen molar-refractivity contribution >= 4 is 21.6 Å². The third-order valence-electron chi connectivity index (χ3n) is 4.67. The van der Waals surface area contributed by atoms with E-state index in [9.17, 15) is 13.5 Å². The number of aliphatic hydroxyl groups is 1. The Morgan fingerprint density at radius 1 is 1.07 bits per heavy atom. The predicted octanol–water partition coefficient (Wildman–Crippen LogP) is 4.72. The third kappa shape index (κ3) is 5.55. The monoisotopic (exact) mass is 409 g/mol. The lowest BCUT2D eigenvalue weighted by molar-refractivity contribution is -0.0647. The molecule has 2 aromatic carbocycles. The number of halogens is 1. The fourth-order valence-electron chi connectivity index (χ4n) is 2.97. The van der Waals surface area contributed by atoms with E-state index < -0.39 is 15.7 Å². The van der Waals surface area contributed by atoms with Crippen molar-refractivity contribution < 1.29 is 13.5 Å². The van der Waals surface area contributed by atoms with Crippen LogP contribution in [0.2, 0.25) is 5.02 Å². The van der Waals surface area contributed by atoms with Gasteiger partial charge in [0.1, 0.15) is 5.72 Å². The van der Waals surface area contributed by atoms with E-state index in [0.717, 1.165) is 5.56 Å². The van der Waals surface area contributed by atoms with E-state index in [0.29, 0.717) is 17.4 Å². The molecule has 1 atom stereocenters. The van der Waals surface area contributed by atoms with Crippen LogP contribution in [0.4, 0.5) is 0 Å². The molecule has 0 saturated carbocycles. The van der Waals surface area contributed by atoms with Crippen molar-refractivity contribution in [3.63, 3.8) is 0 Å². The van der Waals surface area contributed by atoms with Crippen LogP contribution in [0.5, 0.6) is 0 Å². The Labute approximate surface area is 167 Å². The Balaban J connectivity index is 2.45. The van der Waals surface area contributed by atoms with Gasteiger partial charge in [-0.05, 0) is 48.6 Å². The maximum Gasteiger partial charge on any atom is 0.245 e. The largest absolute Gasteiger partial charge is 0.374 e. The van der Waals surface area contributed by atoms with Gasteiger partial charge >= 0.3 is 0 Å². The van der Waals surface area contributed by atoms with Gasteiger partial charge in [0.05, 0.1) is 4.90 Å². The van der Waals surface area contributed by atoms with E-state index >= 15 is 0 Å². The summed E-state index contributed by atoms with van der Waals surface area (Å²) in [6.45, 7) is 6.13. The second kappa shape index (κ2) is 9.20. The average molecular weight is 410 g/mol. The van der Waals surface area contributed by atoms with Crippen molar-refractivity contribution in [1.29, 1.82) is 0 Å². The molecular formula is C21H28ClNO3S. The van der Waals surface area contributed by atoms with Gasteiger partial charge in [0.25, 0.3) is 0 Å². The third-order valence-corrected chi connectivity index (χ3v) is 6.89. The highest BCUT2D eigenvalue weighted by Gasteiger charge is 2.41. The lowest BCUT2D eigenvalue weighted by atomic mass is 9.99. The van der Waals surface area contributed by atoms with Gasteiger partial charge in [-0.2, -0.15) is 4.31 Å². The van der Waals surface area contributed by atoms with E-state index in [4.69, 9.17) is 11.6 Å². The van der Waals surface area contributed by atoms with Gasteiger partial charge in [-0.25, -0.2) is 8.42 Å². The number of benzene rings is 2. The van der Waals surface area contributed by atoms with Gasteiger partial charge < -0.3 is 5.11 Å². The number of hydrogen-bond acceptors (Lipinski definition) is 3. The van der Waals surface area contributed by atoms with Crippen molar-refractivity contribution in [2.45, 2.75) is 50.7 Å². The number of rotatable bonds is 9. The molecule has 0 heterocycles. The molecule has 0 spiro atoms. The quantitative estimate of drug-likeness (QED) is 0.609. The highest BCUT2D eigenvalue weighted by atomic mass is 35.5. The Morgan fingerprint density at radius 2 is 1.67 bits per heavy atom. The van der Waals surface area contributed by atoms with Crippen molar-refractivity contribution in [2.75, 3.05) is 6.54 Å². The molecule has 0 aliphatic heterocycles. The number of sulfonamides is 1. The minimum atomic E-state index is -3.88. The molecule has 0 saturated heterocycles. The number of hydrogen-bond donors (Lipinski definition) is 1. The van der Waals surface area contributed by atoms with Crippen LogP contribution >= 0.6 is 11.6 Å². The molecule has 0 radical (unpaired) electrons. The first-order valence-corrected chi connectivity index (χ1v) is 11.1. The van der Waals surface area contributed by atoms with Crippen molar-refractivity contribution in [3.05, 3.63) is 65.2 Å². The highest BCUT2D eigenvalue weighted by Crippen LogP contribution is 2.30. The molecule has 6 heteroatoms. The molecule has 0 aliphatic rings. The van der Waals surface area contributed by atoms with E-state index in [2.05, 4.69) is 0 Å².